The molecular formula is C25H28ClN3O3S2. The molecule has 0 saturated heterocycles. The Bertz CT molecular complexity index is 1250. The number of anilines is 1. The van der Waals surface area contributed by atoms with Crippen LogP contribution in [-0.2, 0) is 27.9 Å². The van der Waals surface area contributed by atoms with Gasteiger partial charge in [-0.05, 0) is 52.8 Å². The highest BCUT2D eigenvalue weighted by Gasteiger charge is 2.24. The summed E-state index contributed by atoms with van der Waals surface area (Å²) in [7, 11) is -1.32. The van der Waals surface area contributed by atoms with Crippen molar-refractivity contribution in [1.29, 1.82) is 0 Å². The minimum absolute atomic E-state index is 0. The number of ether oxygens (including phenoxy) is 1. The lowest BCUT2D eigenvalue weighted by Gasteiger charge is -2.20. The van der Waals surface area contributed by atoms with Gasteiger partial charge >= 0.3 is 0 Å². The van der Waals surface area contributed by atoms with Crippen molar-refractivity contribution in [3.8, 4) is 0 Å². The van der Waals surface area contributed by atoms with Crippen LogP contribution in [0.2, 0.25) is 0 Å². The molecule has 1 N–H and O–H groups in total. The second kappa shape index (κ2) is 11.2. The molecule has 0 radical (unpaired) electrons. The van der Waals surface area contributed by atoms with Gasteiger partial charge in [-0.1, -0.05) is 48.5 Å². The first-order valence-corrected chi connectivity index (χ1v) is 13.6. The molecule has 3 aromatic carbocycles. The molecule has 9 heteroatoms. The standard InChI is InChI=1S/C25H27N3O3S2.ClH/c1-28-16-20-6-4-5-7-23(20)24(19-10-14-22(32-2)15-11-19)26-25(28)31-17-18-8-12-21(13-9-18)27-33(3,29)30;/h4-15,24,27H,16-17H2,1-3H3;1H/t24-;/m1./s1. The average Bonchev–Trinajstić information content (AvgIpc) is 2.93. The van der Waals surface area contributed by atoms with E-state index < -0.39 is 10.0 Å². The molecule has 0 saturated carbocycles. The van der Waals surface area contributed by atoms with Crippen LogP contribution in [0.15, 0.2) is 82.7 Å². The van der Waals surface area contributed by atoms with Crippen molar-refractivity contribution in [1.82, 2.24) is 4.90 Å². The van der Waals surface area contributed by atoms with Gasteiger partial charge in [-0.2, -0.15) is 0 Å². The summed E-state index contributed by atoms with van der Waals surface area (Å²) >= 11 is 1.72. The number of hydrogen-bond acceptors (Lipinski definition) is 6. The molecular weight excluding hydrogens is 490 g/mol. The number of hydrogen-bond donors (Lipinski definition) is 1. The van der Waals surface area contributed by atoms with Crippen LogP contribution in [-0.4, -0.2) is 38.9 Å². The lowest BCUT2D eigenvalue weighted by Crippen LogP contribution is -2.27. The highest BCUT2D eigenvalue weighted by molar-refractivity contribution is 7.98. The summed E-state index contributed by atoms with van der Waals surface area (Å²) in [5.41, 5.74) is 4.96. The third-order valence-electron chi connectivity index (χ3n) is 5.38. The van der Waals surface area contributed by atoms with Crippen LogP contribution >= 0.6 is 24.2 Å². The smallest absolute Gasteiger partial charge is 0.288 e. The summed E-state index contributed by atoms with van der Waals surface area (Å²) in [5.74, 6) is 0. The Balaban J connectivity index is 0.00000324. The van der Waals surface area contributed by atoms with Crippen LogP contribution in [0.25, 0.3) is 0 Å². The molecule has 3 aromatic rings. The SMILES string of the molecule is CSc1ccc([C@H]2N=C(OCc3ccc(NS(C)(=O)=O)cc3)N(C)Cc3ccccc32)cc1.Cl. The Labute approximate surface area is 211 Å². The molecule has 0 unspecified atom stereocenters. The molecule has 0 spiro atoms. The first-order chi connectivity index (χ1) is 15.8. The van der Waals surface area contributed by atoms with Gasteiger partial charge in [0, 0.05) is 24.2 Å². The molecule has 180 valence electrons. The number of halogens is 1. The predicted octanol–water partition coefficient (Wildman–Crippen LogP) is 5.31. The number of rotatable bonds is 6. The zero-order chi connectivity index (χ0) is 23.4. The lowest BCUT2D eigenvalue weighted by atomic mass is 9.95. The molecule has 0 fully saturated rings. The molecule has 0 bridgehead atoms. The molecule has 1 heterocycles. The molecule has 6 nitrogen and oxygen atoms in total. The van der Waals surface area contributed by atoms with E-state index in [2.05, 4.69) is 59.5 Å². The highest BCUT2D eigenvalue weighted by Crippen LogP contribution is 2.33. The predicted molar refractivity (Wildman–Crippen MR) is 142 cm³/mol. The van der Waals surface area contributed by atoms with Crippen LogP contribution in [0.5, 0.6) is 0 Å². The minimum atomic E-state index is -3.30. The van der Waals surface area contributed by atoms with Crippen molar-refractivity contribution >= 4 is 45.9 Å². The second-order valence-corrected chi connectivity index (χ2v) is 10.6. The molecule has 34 heavy (non-hydrogen) atoms. The summed E-state index contributed by atoms with van der Waals surface area (Å²) in [6.07, 6.45) is 3.20. The van der Waals surface area contributed by atoms with Gasteiger partial charge < -0.3 is 9.64 Å². The summed E-state index contributed by atoms with van der Waals surface area (Å²) in [5, 5.41) is 0. The summed E-state index contributed by atoms with van der Waals surface area (Å²) in [4.78, 5) is 8.26. The van der Waals surface area contributed by atoms with E-state index in [0.29, 0.717) is 24.9 Å². The van der Waals surface area contributed by atoms with Gasteiger partial charge in [0.1, 0.15) is 12.6 Å². The van der Waals surface area contributed by atoms with Crippen LogP contribution in [0.3, 0.4) is 0 Å². The molecule has 0 aromatic heterocycles. The number of thioether (sulfide) groups is 1. The van der Waals surface area contributed by atoms with E-state index in [4.69, 9.17) is 9.73 Å². The quantitative estimate of drug-likeness (QED) is 0.449. The van der Waals surface area contributed by atoms with E-state index in [1.165, 1.54) is 16.0 Å². The van der Waals surface area contributed by atoms with Gasteiger partial charge in [0.2, 0.25) is 10.0 Å². The second-order valence-electron chi connectivity index (χ2n) is 8.00. The van der Waals surface area contributed by atoms with Gasteiger partial charge in [-0.25, -0.2) is 13.4 Å². The van der Waals surface area contributed by atoms with Gasteiger partial charge in [-0.3, -0.25) is 4.72 Å². The third kappa shape index (κ3) is 6.46. The van der Waals surface area contributed by atoms with Gasteiger partial charge in [-0.15, -0.1) is 24.2 Å². The number of aliphatic imine (C=N–C) groups is 1. The van der Waals surface area contributed by atoms with Crippen molar-refractivity contribution in [2.45, 2.75) is 24.1 Å². The van der Waals surface area contributed by atoms with E-state index in [-0.39, 0.29) is 18.4 Å². The number of sulfonamides is 1. The van der Waals surface area contributed by atoms with Crippen LogP contribution in [0.4, 0.5) is 5.69 Å². The Morgan fingerprint density at radius 3 is 2.38 bits per heavy atom. The Hall–Kier alpha value is -2.68. The van der Waals surface area contributed by atoms with Crippen LogP contribution in [0.1, 0.15) is 28.3 Å². The Morgan fingerprint density at radius 2 is 1.74 bits per heavy atom. The monoisotopic (exact) mass is 517 g/mol. The molecule has 0 aliphatic carbocycles. The van der Waals surface area contributed by atoms with Crippen molar-refractivity contribution in [2.75, 3.05) is 24.3 Å². The van der Waals surface area contributed by atoms with E-state index in [0.717, 1.165) is 17.4 Å². The van der Waals surface area contributed by atoms with Crippen LogP contribution < -0.4 is 4.72 Å². The summed E-state index contributed by atoms with van der Waals surface area (Å²) in [6, 6.07) is 24.5. The fraction of sp³-hybridized carbons (Fsp3) is 0.240. The van der Waals surface area contributed by atoms with Gasteiger partial charge in [0.15, 0.2) is 0 Å². The molecule has 1 aliphatic heterocycles. The zero-order valence-corrected chi connectivity index (χ0v) is 21.7. The maximum Gasteiger partial charge on any atom is 0.288 e. The Kier molecular flexibility index (Phi) is 8.52. The van der Waals surface area contributed by atoms with Gasteiger partial charge in [0.25, 0.3) is 6.02 Å². The summed E-state index contributed by atoms with van der Waals surface area (Å²) in [6.45, 7) is 1.03. The van der Waals surface area contributed by atoms with Crippen LogP contribution in [0, 0.1) is 0 Å². The molecule has 1 aliphatic rings. The zero-order valence-electron chi connectivity index (χ0n) is 19.3. The van der Waals surface area contributed by atoms with Crippen molar-refractivity contribution in [3.05, 3.63) is 95.1 Å². The van der Waals surface area contributed by atoms with E-state index in [1.807, 2.05) is 24.1 Å². The fourth-order valence-electron chi connectivity index (χ4n) is 3.77. The van der Waals surface area contributed by atoms with Crippen molar-refractivity contribution in [2.24, 2.45) is 4.99 Å². The normalized spacial score (nSPS) is 15.4. The minimum Gasteiger partial charge on any atom is -0.460 e. The van der Waals surface area contributed by atoms with Crippen molar-refractivity contribution < 1.29 is 13.2 Å². The fourth-order valence-corrected chi connectivity index (χ4v) is 4.74. The third-order valence-corrected chi connectivity index (χ3v) is 6.73. The number of fused-ring (bicyclic) bond motifs is 1. The van der Waals surface area contributed by atoms with Gasteiger partial charge in [0.05, 0.1) is 6.26 Å². The lowest BCUT2D eigenvalue weighted by molar-refractivity contribution is 0.231. The number of nitrogens with one attached hydrogen (secondary N) is 1. The number of amidine groups is 1. The maximum atomic E-state index is 11.4. The number of nitrogens with zero attached hydrogens (tertiary/aromatic N) is 2. The highest BCUT2D eigenvalue weighted by atomic mass is 35.5. The molecule has 1 atom stereocenters. The number of benzene rings is 3. The first kappa shape index (κ1) is 25.9. The van der Waals surface area contributed by atoms with E-state index in [9.17, 15) is 8.42 Å². The average molecular weight is 518 g/mol. The molecule has 0 amide bonds. The Morgan fingerprint density at radius 1 is 1.06 bits per heavy atom. The summed E-state index contributed by atoms with van der Waals surface area (Å²) < 4.78 is 31.4. The molecule has 4 rings (SSSR count). The topological polar surface area (TPSA) is 71.0 Å². The van der Waals surface area contributed by atoms with E-state index in [1.54, 1.807) is 23.9 Å². The maximum absolute atomic E-state index is 11.4. The van der Waals surface area contributed by atoms with Crippen molar-refractivity contribution in [3.63, 3.8) is 0 Å². The first-order valence-electron chi connectivity index (χ1n) is 10.5. The van der Waals surface area contributed by atoms with E-state index >= 15 is 0 Å². The largest absolute Gasteiger partial charge is 0.460 e.